The molecule has 1 aliphatic heterocycles. The minimum Gasteiger partial charge on any atom is -0.444 e. The summed E-state index contributed by atoms with van der Waals surface area (Å²) in [5.74, 6) is -0.703. The van der Waals surface area contributed by atoms with E-state index in [0.29, 0.717) is 24.0 Å². The molecule has 8 aromatic rings. The van der Waals surface area contributed by atoms with Crippen molar-refractivity contribution in [3.8, 4) is 0 Å². The number of benzene rings is 6. The third kappa shape index (κ3) is 14.5. The first-order valence-corrected chi connectivity index (χ1v) is 25.0. The second kappa shape index (κ2) is 24.5. The van der Waals surface area contributed by atoms with Crippen LogP contribution in [0.1, 0.15) is 80.8 Å². The van der Waals surface area contributed by atoms with E-state index in [2.05, 4.69) is 112 Å². The van der Waals surface area contributed by atoms with Crippen molar-refractivity contribution in [3.05, 3.63) is 198 Å². The highest BCUT2D eigenvalue weighted by molar-refractivity contribution is 7.79. The highest BCUT2D eigenvalue weighted by Crippen LogP contribution is 2.32. The molecule has 6 aromatic carbocycles. The Hall–Kier alpha value is -7.53. The number of hydrogen-bond donors (Lipinski definition) is 5. The highest BCUT2D eigenvalue weighted by Gasteiger charge is 2.37. The molecule has 5 N–H and O–H groups in total. The van der Waals surface area contributed by atoms with E-state index in [4.69, 9.17) is 9.47 Å². The standard InChI is InChI=1S/C24H25N3O4.C18H15P.C16H22N2O3.CH4/c1-24(2,3)31-23(30)26-16(12-15-13-25-20-11-7-6-8-17(15)20)14-27-21(28)18-9-4-5-10-19(18)22(27)29;1-4-10-16(11-5-1)19(17-12-6-2-7-13-17)18-14-8-3-9-15-18;1-16(2,3)21-15(20)18-12(10-19)8-11-9-17-14-7-5-4-6-13(11)14;/h4-11,13,16,25H,12,14H2,1-3H3,(H,26,30);1-15H;4-7,9,12,17,19H,8,10H2,1-3H3,(H,18,20);1H4/t16-;;12-;/m1.1./s1. The van der Waals surface area contributed by atoms with Gasteiger partial charge in [0, 0.05) is 34.2 Å². The molecule has 374 valence electrons. The fourth-order valence-electron chi connectivity index (χ4n) is 8.21. The van der Waals surface area contributed by atoms with Crippen LogP contribution in [0.5, 0.6) is 0 Å². The van der Waals surface area contributed by atoms with Crippen molar-refractivity contribution >= 4 is 69.6 Å². The van der Waals surface area contributed by atoms with Gasteiger partial charge in [0.05, 0.1) is 36.4 Å². The van der Waals surface area contributed by atoms with E-state index >= 15 is 0 Å². The van der Waals surface area contributed by atoms with Crippen molar-refractivity contribution in [1.82, 2.24) is 25.5 Å². The van der Waals surface area contributed by atoms with Gasteiger partial charge in [0.15, 0.2) is 0 Å². The van der Waals surface area contributed by atoms with E-state index in [1.807, 2.05) is 60.9 Å². The van der Waals surface area contributed by atoms with Gasteiger partial charge in [-0.05, 0) is 114 Å². The average Bonchev–Trinajstić information content (AvgIpc) is 4.02. The molecule has 0 fully saturated rings. The number of fused-ring (bicyclic) bond motifs is 3. The maximum Gasteiger partial charge on any atom is 0.407 e. The minimum atomic E-state index is -0.662. The van der Waals surface area contributed by atoms with Crippen LogP contribution in [-0.4, -0.2) is 80.4 Å². The zero-order valence-electron chi connectivity index (χ0n) is 41.0. The first-order chi connectivity index (χ1) is 34.1. The number of imide groups is 1. The molecule has 0 aliphatic carbocycles. The lowest BCUT2D eigenvalue weighted by Crippen LogP contribution is -2.48. The topological polar surface area (TPSA) is 166 Å². The number of carbonyl (C=O) groups excluding carboxylic acids is 4. The van der Waals surface area contributed by atoms with Gasteiger partial charge in [0.25, 0.3) is 11.8 Å². The lowest BCUT2D eigenvalue weighted by molar-refractivity contribution is 0.0466. The Kier molecular flexibility index (Phi) is 18.3. The summed E-state index contributed by atoms with van der Waals surface area (Å²) in [4.78, 5) is 57.5. The summed E-state index contributed by atoms with van der Waals surface area (Å²) in [6, 6.07) is 54.0. The maximum absolute atomic E-state index is 12.8. The molecule has 1 aliphatic rings. The number of aromatic amines is 2. The van der Waals surface area contributed by atoms with Crippen molar-refractivity contribution in [3.63, 3.8) is 0 Å². The number of alkyl carbamates (subject to hydrolysis) is 2. The Balaban J connectivity index is 0.000000182. The minimum absolute atomic E-state index is 0. The van der Waals surface area contributed by atoms with Gasteiger partial charge in [-0.1, -0.05) is 147 Å². The number of amides is 4. The van der Waals surface area contributed by atoms with Gasteiger partial charge in [0.2, 0.25) is 0 Å². The second-order valence-corrected chi connectivity index (χ2v) is 21.3. The number of aliphatic hydroxyl groups excluding tert-OH is 1. The molecular weight excluding hydrogens is 922 g/mol. The Labute approximate surface area is 423 Å². The van der Waals surface area contributed by atoms with E-state index in [-0.39, 0.29) is 38.4 Å². The zero-order chi connectivity index (χ0) is 50.5. The quantitative estimate of drug-likeness (QED) is 0.0600. The molecule has 2 aromatic heterocycles. The summed E-state index contributed by atoms with van der Waals surface area (Å²) in [7, 11) is -0.446. The van der Waals surface area contributed by atoms with Gasteiger partial charge in [-0.25, -0.2) is 9.59 Å². The number of aromatic nitrogens is 2. The van der Waals surface area contributed by atoms with Crippen LogP contribution < -0.4 is 26.5 Å². The normalized spacial score (nSPS) is 12.9. The third-order valence-electron chi connectivity index (χ3n) is 11.3. The number of H-pyrrole nitrogens is 2. The molecular formula is C59H66N5O7P. The Morgan fingerprint density at radius 2 is 0.889 bits per heavy atom. The van der Waals surface area contributed by atoms with Crippen LogP contribution in [0.15, 0.2) is 176 Å². The molecule has 0 saturated heterocycles. The smallest absolute Gasteiger partial charge is 0.407 e. The second-order valence-electron chi connectivity index (χ2n) is 19.1. The molecule has 0 bridgehead atoms. The Morgan fingerprint density at radius 3 is 1.28 bits per heavy atom. The van der Waals surface area contributed by atoms with E-state index in [0.717, 1.165) is 32.9 Å². The molecule has 2 atom stereocenters. The number of ether oxygens (including phenoxy) is 2. The number of para-hydroxylation sites is 2. The van der Waals surface area contributed by atoms with Crippen LogP contribution in [0.25, 0.3) is 21.8 Å². The van der Waals surface area contributed by atoms with Crippen molar-refractivity contribution in [2.75, 3.05) is 13.2 Å². The lowest BCUT2D eigenvalue weighted by Gasteiger charge is -2.26. The Bertz CT molecular complexity index is 2910. The number of hydrogen-bond acceptors (Lipinski definition) is 7. The fraction of sp³-hybridized carbons (Fsp3) is 0.254. The monoisotopic (exact) mass is 987 g/mol. The molecule has 4 amide bonds. The number of carbonyl (C=O) groups is 4. The number of aliphatic hydroxyl groups is 1. The number of rotatable bonds is 12. The molecule has 72 heavy (non-hydrogen) atoms. The zero-order valence-corrected chi connectivity index (χ0v) is 41.9. The highest BCUT2D eigenvalue weighted by atomic mass is 31.1. The summed E-state index contributed by atoms with van der Waals surface area (Å²) in [5.41, 5.74) is 3.62. The molecule has 13 heteroatoms. The summed E-state index contributed by atoms with van der Waals surface area (Å²) in [6.45, 7) is 10.7. The van der Waals surface area contributed by atoms with Crippen LogP contribution >= 0.6 is 7.92 Å². The fourth-order valence-corrected chi connectivity index (χ4v) is 10.5. The predicted molar refractivity (Wildman–Crippen MR) is 291 cm³/mol. The van der Waals surface area contributed by atoms with E-state index < -0.39 is 37.4 Å². The molecule has 0 saturated carbocycles. The number of nitrogens with one attached hydrogen (secondary N) is 4. The van der Waals surface area contributed by atoms with Crippen LogP contribution in [0.2, 0.25) is 0 Å². The molecule has 0 spiro atoms. The molecule has 3 heterocycles. The average molecular weight is 988 g/mol. The van der Waals surface area contributed by atoms with Crippen LogP contribution in [0, 0.1) is 0 Å². The van der Waals surface area contributed by atoms with Crippen molar-refractivity contribution < 1.29 is 33.8 Å². The van der Waals surface area contributed by atoms with Gasteiger partial charge in [-0.15, -0.1) is 0 Å². The van der Waals surface area contributed by atoms with Crippen LogP contribution in [-0.2, 0) is 22.3 Å². The van der Waals surface area contributed by atoms with E-state index in [9.17, 15) is 24.3 Å². The summed E-state index contributed by atoms with van der Waals surface area (Å²) in [6.07, 6.45) is 3.66. The van der Waals surface area contributed by atoms with Gasteiger partial charge in [-0.2, -0.15) is 0 Å². The SMILES string of the molecule is C.CC(C)(C)OC(=O)N[C@@H](CO)Cc1c[nH]c2ccccc12.CC(C)(C)OC(=O)N[C@H](Cc1c[nH]c2ccccc12)CN1C(=O)c2ccccc2C1=O.c1ccc(P(c2ccccc2)c2ccccc2)cc1. The van der Waals surface area contributed by atoms with Crippen molar-refractivity contribution in [1.29, 1.82) is 0 Å². The molecule has 0 radical (unpaired) electrons. The number of nitrogens with zero attached hydrogens (tertiary/aromatic N) is 1. The third-order valence-corrected chi connectivity index (χ3v) is 13.7. The van der Waals surface area contributed by atoms with Crippen molar-refractivity contribution in [2.45, 2.75) is 85.1 Å². The van der Waals surface area contributed by atoms with Gasteiger partial charge in [0.1, 0.15) is 11.2 Å². The van der Waals surface area contributed by atoms with Crippen LogP contribution in [0.3, 0.4) is 0 Å². The molecule has 9 rings (SSSR count). The van der Waals surface area contributed by atoms with Crippen LogP contribution in [0.4, 0.5) is 9.59 Å². The summed E-state index contributed by atoms with van der Waals surface area (Å²) >= 11 is 0. The van der Waals surface area contributed by atoms with E-state index in [1.165, 1.54) is 20.8 Å². The maximum atomic E-state index is 12.8. The van der Waals surface area contributed by atoms with Gasteiger partial charge >= 0.3 is 12.2 Å². The summed E-state index contributed by atoms with van der Waals surface area (Å²) < 4.78 is 10.6. The van der Waals surface area contributed by atoms with E-state index in [1.54, 1.807) is 65.8 Å². The Morgan fingerprint density at radius 1 is 0.542 bits per heavy atom. The van der Waals surface area contributed by atoms with Gasteiger partial charge in [-0.3, -0.25) is 14.5 Å². The lowest BCUT2D eigenvalue weighted by atomic mass is 10.0. The van der Waals surface area contributed by atoms with Crippen molar-refractivity contribution in [2.24, 2.45) is 0 Å². The van der Waals surface area contributed by atoms with Gasteiger partial charge < -0.3 is 35.2 Å². The first kappa shape index (κ1) is 53.8. The summed E-state index contributed by atoms with van der Waals surface area (Å²) in [5, 5.41) is 21.3. The molecule has 12 nitrogen and oxygen atoms in total. The first-order valence-electron chi connectivity index (χ1n) is 23.7. The molecule has 0 unspecified atom stereocenters. The predicted octanol–water partition coefficient (Wildman–Crippen LogP) is 10.6. The largest absolute Gasteiger partial charge is 0.444 e.